The Morgan fingerprint density at radius 2 is 1.04 bits per heavy atom. The summed E-state index contributed by atoms with van der Waals surface area (Å²) in [5, 5.41) is 5.96. The van der Waals surface area contributed by atoms with Gasteiger partial charge in [-0.2, -0.15) is 0 Å². The van der Waals surface area contributed by atoms with E-state index in [0.717, 1.165) is 38.5 Å². The first-order chi connectivity index (χ1) is 11.6. The van der Waals surface area contributed by atoms with E-state index in [-0.39, 0.29) is 18.0 Å². The van der Waals surface area contributed by atoms with E-state index in [1.165, 1.54) is 38.5 Å². The number of hydrogen-bond donors (Lipinski definition) is 2. The molecule has 4 heteroatoms. The van der Waals surface area contributed by atoms with Gasteiger partial charge in [0.25, 0.3) is 0 Å². The molecule has 2 N–H and O–H groups in total. The number of nitrogens with one attached hydrogen (secondary N) is 2. The van der Waals surface area contributed by atoms with Crippen molar-refractivity contribution in [3.63, 3.8) is 0 Å². The normalized spacial score (nSPS) is 10.8. The number of unbranched alkanes of at least 4 members (excludes halogenated alkanes) is 8. The molecule has 2 amide bonds. The molecular weight excluding hydrogens is 300 g/mol. The lowest BCUT2D eigenvalue weighted by Gasteiger charge is -2.20. The van der Waals surface area contributed by atoms with Crippen molar-refractivity contribution in [1.82, 2.24) is 10.6 Å². The molecule has 0 bridgehead atoms. The van der Waals surface area contributed by atoms with Crippen molar-refractivity contribution in [2.75, 3.05) is 0 Å². The molecule has 0 radical (unpaired) electrons. The van der Waals surface area contributed by atoms with Gasteiger partial charge >= 0.3 is 0 Å². The van der Waals surface area contributed by atoms with Gasteiger partial charge in [-0.05, 0) is 19.3 Å². The Labute approximate surface area is 149 Å². The fraction of sp³-hybridized carbons (Fsp3) is 0.900. The predicted molar refractivity (Wildman–Crippen MR) is 102 cm³/mol. The first-order valence-corrected chi connectivity index (χ1v) is 10.2. The highest BCUT2D eigenvalue weighted by molar-refractivity contribution is 5.79. The fourth-order valence-corrected chi connectivity index (χ4v) is 2.78. The van der Waals surface area contributed by atoms with Gasteiger partial charge in [0, 0.05) is 12.8 Å². The molecule has 0 unspecified atom stereocenters. The zero-order valence-electron chi connectivity index (χ0n) is 16.3. The van der Waals surface area contributed by atoms with Crippen LogP contribution in [0.3, 0.4) is 0 Å². The van der Waals surface area contributed by atoms with Gasteiger partial charge in [-0.25, -0.2) is 0 Å². The Balaban J connectivity index is 3.92. The Bertz CT molecular complexity index is 291. The third kappa shape index (κ3) is 14.5. The SMILES string of the molecule is CCCCCCCC(=O)NC(CCC)NC(=O)CCCCCCC. The molecule has 0 aliphatic carbocycles. The summed E-state index contributed by atoms with van der Waals surface area (Å²) in [7, 11) is 0. The Kier molecular flexibility index (Phi) is 16.0. The van der Waals surface area contributed by atoms with Gasteiger partial charge in [0.05, 0.1) is 0 Å². The van der Waals surface area contributed by atoms with Gasteiger partial charge in [0.1, 0.15) is 6.17 Å². The summed E-state index contributed by atoms with van der Waals surface area (Å²) in [6.45, 7) is 6.45. The topological polar surface area (TPSA) is 58.2 Å². The Morgan fingerprint density at radius 1 is 0.625 bits per heavy atom. The van der Waals surface area contributed by atoms with E-state index in [0.29, 0.717) is 12.8 Å². The van der Waals surface area contributed by atoms with Crippen molar-refractivity contribution in [2.45, 2.75) is 117 Å². The van der Waals surface area contributed by atoms with E-state index in [4.69, 9.17) is 0 Å². The van der Waals surface area contributed by atoms with Gasteiger partial charge in [-0.1, -0.05) is 78.6 Å². The maximum absolute atomic E-state index is 12.0. The van der Waals surface area contributed by atoms with Crippen LogP contribution in [0.5, 0.6) is 0 Å². The fourth-order valence-electron chi connectivity index (χ4n) is 2.78. The van der Waals surface area contributed by atoms with Crippen LogP contribution < -0.4 is 10.6 Å². The molecular formula is C20H40N2O2. The highest BCUT2D eigenvalue weighted by Gasteiger charge is 2.13. The van der Waals surface area contributed by atoms with E-state index in [2.05, 4.69) is 31.4 Å². The van der Waals surface area contributed by atoms with Crippen LogP contribution in [0, 0.1) is 0 Å². The van der Waals surface area contributed by atoms with Crippen LogP contribution in [0.1, 0.15) is 111 Å². The summed E-state index contributed by atoms with van der Waals surface area (Å²) in [4.78, 5) is 24.0. The van der Waals surface area contributed by atoms with Gasteiger partial charge in [-0.3, -0.25) is 9.59 Å². The second-order valence-corrected chi connectivity index (χ2v) is 6.80. The average molecular weight is 341 g/mol. The molecule has 0 aliphatic heterocycles. The molecule has 0 aromatic rings. The molecule has 0 atom stereocenters. The quantitative estimate of drug-likeness (QED) is 0.304. The average Bonchev–Trinajstić information content (AvgIpc) is 2.54. The number of amides is 2. The molecule has 0 aromatic heterocycles. The molecule has 142 valence electrons. The zero-order valence-corrected chi connectivity index (χ0v) is 16.3. The molecule has 0 aromatic carbocycles. The number of carbonyl (C=O) groups excluding carboxylic acids is 2. The summed E-state index contributed by atoms with van der Waals surface area (Å²) in [6.07, 6.45) is 14.1. The smallest absolute Gasteiger partial charge is 0.221 e. The maximum atomic E-state index is 12.0. The van der Waals surface area contributed by atoms with E-state index in [9.17, 15) is 9.59 Å². The van der Waals surface area contributed by atoms with Crippen LogP contribution in [0.4, 0.5) is 0 Å². The number of carbonyl (C=O) groups is 2. The lowest BCUT2D eigenvalue weighted by Crippen LogP contribution is -2.47. The van der Waals surface area contributed by atoms with Crippen molar-refractivity contribution in [3.05, 3.63) is 0 Å². The van der Waals surface area contributed by atoms with Crippen molar-refractivity contribution >= 4 is 11.8 Å². The summed E-state index contributed by atoms with van der Waals surface area (Å²) >= 11 is 0. The minimum Gasteiger partial charge on any atom is -0.336 e. The summed E-state index contributed by atoms with van der Waals surface area (Å²) in [6, 6.07) is 0. The third-order valence-electron chi connectivity index (χ3n) is 4.26. The second-order valence-electron chi connectivity index (χ2n) is 6.80. The number of rotatable bonds is 16. The minimum atomic E-state index is -0.207. The van der Waals surface area contributed by atoms with Crippen molar-refractivity contribution in [3.8, 4) is 0 Å². The third-order valence-corrected chi connectivity index (χ3v) is 4.26. The second kappa shape index (κ2) is 16.8. The van der Waals surface area contributed by atoms with Gasteiger partial charge in [-0.15, -0.1) is 0 Å². The Hall–Kier alpha value is -1.06. The van der Waals surface area contributed by atoms with Gasteiger partial charge in [0.2, 0.25) is 11.8 Å². The van der Waals surface area contributed by atoms with Crippen molar-refractivity contribution in [1.29, 1.82) is 0 Å². The Morgan fingerprint density at radius 3 is 1.42 bits per heavy atom. The van der Waals surface area contributed by atoms with Gasteiger partial charge in [0.15, 0.2) is 0 Å². The molecule has 0 saturated carbocycles. The van der Waals surface area contributed by atoms with Crippen LogP contribution in [-0.4, -0.2) is 18.0 Å². The summed E-state index contributed by atoms with van der Waals surface area (Å²) in [5.41, 5.74) is 0. The van der Waals surface area contributed by atoms with Gasteiger partial charge < -0.3 is 10.6 Å². The van der Waals surface area contributed by atoms with E-state index < -0.39 is 0 Å². The molecule has 0 heterocycles. The van der Waals surface area contributed by atoms with E-state index in [1.54, 1.807) is 0 Å². The molecule has 0 saturated heterocycles. The zero-order chi connectivity index (χ0) is 18.0. The van der Waals surface area contributed by atoms with Crippen molar-refractivity contribution in [2.24, 2.45) is 0 Å². The van der Waals surface area contributed by atoms with Crippen LogP contribution in [0.2, 0.25) is 0 Å². The van der Waals surface area contributed by atoms with E-state index >= 15 is 0 Å². The standard InChI is InChI=1S/C20H40N2O2/c1-4-7-9-11-13-16-19(23)21-18(15-6-3)22-20(24)17-14-12-10-8-5-2/h18H,4-17H2,1-3H3,(H,21,23)(H,22,24). The minimum absolute atomic E-state index is 0.0631. The van der Waals surface area contributed by atoms with Crippen LogP contribution in [0.15, 0.2) is 0 Å². The first-order valence-electron chi connectivity index (χ1n) is 10.2. The lowest BCUT2D eigenvalue weighted by molar-refractivity contribution is -0.124. The first kappa shape index (κ1) is 22.9. The molecule has 0 fully saturated rings. The maximum Gasteiger partial charge on any atom is 0.221 e. The summed E-state index contributed by atoms with van der Waals surface area (Å²) < 4.78 is 0. The highest BCUT2D eigenvalue weighted by atomic mass is 16.2. The van der Waals surface area contributed by atoms with Crippen molar-refractivity contribution < 1.29 is 9.59 Å². The summed E-state index contributed by atoms with van der Waals surface area (Å²) in [5.74, 6) is 0.126. The van der Waals surface area contributed by atoms with E-state index in [1.807, 2.05) is 0 Å². The number of hydrogen-bond acceptors (Lipinski definition) is 2. The largest absolute Gasteiger partial charge is 0.336 e. The predicted octanol–water partition coefficient (Wildman–Crippen LogP) is 5.07. The monoisotopic (exact) mass is 340 g/mol. The van der Waals surface area contributed by atoms with Crippen LogP contribution in [0.25, 0.3) is 0 Å². The molecule has 24 heavy (non-hydrogen) atoms. The molecule has 0 aliphatic rings. The van der Waals surface area contributed by atoms with Crippen LogP contribution in [-0.2, 0) is 9.59 Å². The molecule has 4 nitrogen and oxygen atoms in total. The molecule has 0 spiro atoms. The van der Waals surface area contributed by atoms with Crippen LogP contribution >= 0.6 is 0 Å². The highest BCUT2D eigenvalue weighted by Crippen LogP contribution is 2.07. The lowest BCUT2D eigenvalue weighted by atomic mass is 10.1. The molecule has 0 rings (SSSR count).